The molecule has 0 unspecified atom stereocenters. The van der Waals surface area contributed by atoms with Gasteiger partial charge in [-0.1, -0.05) is 72.3 Å². The monoisotopic (exact) mass is 487 g/mol. The molecule has 0 spiro atoms. The van der Waals surface area contributed by atoms with Crippen molar-refractivity contribution in [3.8, 4) is 11.5 Å². The summed E-state index contributed by atoms with van der Waals surface area (Å²) in [5.41, 5.74) is 5.80. The molecule has 0 N–H and O–H groups in total. The Hall–Kier alpha value is -4.22. The number of benzene rings is 3. The van der Waals surface area contributed by atoms with Gasteiger partial charge in [-0.3, -0.25) is 9.69 Å². The molecule has 5 aromatic rings. The van der Waals surface area contributed by atoms with E-state index in [0.29, 0.717) is 30.1 Å². The minimum atomic E-state index is 0.0430. The molecule has 0 saturated carbocycles. The van der Waals surface area contributed by atoms with E-state index in [4.69, 9.17) is 9.40 Å². The number of nitrogens with zero attached hydrogens (tertiary/aromatic N) is 3. The zero-order valence-corrected chi connectivity index (χ0v) is 20.9. The van der Waals surface area contributed by atoms with E-state index in [9.17, 15) is 4.79 Å². The highest BCUT2D eigenvalue weighted by molar-refractivity contribution is 6.07. The Balaban J connectivity index is 1.29. The molecule has 1 saturated heterocycles. The molecule has 1 aliphatic heterocycles. The van der Waals surface area contributed by atoms with Gasteiger partial charge in [0.1, 0.15) is 5.69 Å². The van der Waals surface area contributed by atoms with Crippen molar-refractivity contribution in [2.24, 2.45) is 0 Å². The van der Waals surface area contributed by atoms with Crippen LogP contribution < -0.4 is 0 Å². The van der Waals surface area contributed by atoms with E-state index < -0.39 is 0 Å². The van der Waals surface area contributed by atoms with Crippen molar-refractivity contribution >= 4 is 16.8 Å². The van der Waals surface area contributed by atoms with E-state index >= 15 is 0 Å². The maximum atomic E-state index is 13.9. The summed E-state index contributed by atoms with van der Waals surface area (Å²) < 4.78 is 5.60. The molecular weight excluding hydrogens is 458 g/mol. The minimum absolute atomic E-state index is 0.0430. The Morgan fingerprint density at radius 1 is 0.811 bits per heavy atom. The highest BCUT2D eigenvalue weighted by Gasteiger charge is 2.29. The number of furan rings is 1. The van der Waals surface area contributed by atoms with E-state index in [1.165, 1.54) is 11.1 Å². The molecule has 3 heterocycles. The lowest BCUT2D eigenvalue weighted by Gasteiger charge is -2.40. The van der Waals surface area contributed by atoms with Gasteiger partial charge >= 0.3 is 0 Å². The SMILES string of the molecule is Cc1ccc2nc(-c3ccco3)cc(C(=O)N3CCN(C(c4ccccc4)c4ccccc4)CC3)c2c1. The van der Waals surface area contributed by atoms with Gasteiger partial charge in [-0.05, 0) is 48.4 Å². The first-order chi connectivity index (χ1) is 18.2. The van der Waals surface area contributed by atoms with Crippen molar-refractivity contribution in [2.45, 2.75) is 13.0 Å². The van der Waals surface area contributed by atoms with Gasteiger partial charge in [-0.25, -0.2) is 4.98 Å². The van der Waals surface area contributed by atoms with Gasteiger partial charge in [0.2, 0.25) is 0 Å². The Bertz CT molecular complexity index is 1470. The number of carbonyl (C=O) groups is 1. The lowest BCUT2D eigenvalue weighted by atomic mass is 9.96. The quantitative estimate of drug-likeness (QED) is 0.290. The average Bonchev–Trinajstić information content (AvgIpc) is 3.49. The molecule has 184 valence electrons. The fourth-order valence-electron chi connectivity index (χ4n) is 5.31. The van der Waals surface area contributed by atoms with Crippen LogP contribution in [0.3, 0.4) is 0 Å². The third-order valence-corrected chi connectivity index (χ3v) is 7.17. The van der Waals surface area contributed by atoms with Crippen LogP contribution in [0.15, 0.2) is 108 Å². The number of aryl methyl sites for hydroxylation is 1. The summed E-state index contributed by atoms with van der Waals surface area (Å²) in [5.74, 6) is 0.705. The summed E-state index contributed by atoms with van der Waals surface area (Å²) >= 11 is 0. The molecule has 2 aromatic heterocycles. The van der Waals surface area contributed by atoms with Crippen LogP contribution in [0, 0.1) is 6.92 Å². The number of pyridine rings is 1. The molecule has 1 amide bonds. The van der Waals surface area contributed by atoms with Gasteiger partial charge in [-0.2, -0.15) is 0 Å². The Morgan fingerprint density at radius 3 is 2.11 bits per heavy atom. The summed E-state index contributed by atoms with van der Waals surface area (Å²) in [7, 11) is 0. The number of rotatable bonds is 5. The van der Waals surface area contributed by atoms with Gasteiger partial charge in [0.05, 0.1) is 23.4 Å². The van der Waals surface area contributed by atoms with Gasteiger partial charge in [0.25, 0.3) is 5.91 Å². The van der Waals surface area contributed by atoms with Gasteiger partial charge in [0.15, 0.2) is 5.76 Å². The summed E-state index contributed by atoms with van der Waals surface area (Å²) in [6.45, 7) is 4.97. The standard InChI is InChI=1S/C32H29N3O2/c1-23-14-15-28-26(21-23)27(22-29(33-28)30-13-8-20-37-30)32(36)35-18-16-34(17-19-35)31(24-9-4-2-5-10-24)25-11-6-3-7-12-25/h2-15,20-22,31H,16-19H2,1H3. The molecule has 5 heteroatoms. The van der Waals surface area contributed by atoms with Crippen molar-refractivity contribution in [3.05, 3.63) is 126 Å². The molecule has 37 heavy (non-hydrogen) atoms. The molecule has 0 radical (unpaired) electrons. The lowest BCUT2D eigenvalue weighted by molar-refractivity contribution is 0.0599. The van der Waals surface area contributed by atoms with Crippen LogP contribution in [0.1, 0.15) is 33.1 Å². The van der Waals surface area contributed by atoms with Crippen molar-refractivity contribution in [2.75, 3.05) is 26.2 Å². The van der Waals surface area contributed by atoms with Crippen LogP contribution in [0.5, 0.6) is 0 Å². The first-order valence-corrected chi connectivity index (χ1v) is 12.8. The third kappa shape index (κ3) is 4.66. The zero-order chi connectivity index (χ0) is 25.2. The van der Waals surface area contributed by atoms with E-state index in [0.717, 1.165) is 29.6 Å². The molecule has 1 fully saturated rings. The van der Waals surface area contributed by atoms with Crippen LogP contribution in [0.2, 0.25) is 0 Å². The van der Waals surface area contributed by atoms with Crippen molar-refractivity contribution in [1.29, 1.82) is 0 Å². The molecule has 6 rings (SSSR count). The van der Waals surface area contributed by atoms with E-state index in [2.05, 4.69) is 71.6 Å². The molecular formula is C32H29N3O2. The van der Waals surface area contributed by atoms with Gasteiger partial charge in [0, 0.05) is 31.6 Å². The second-order valence-corrected chi connectivity index (χ2v) is 9.61. The maximum absolute atomic E-state index is 13.9. The summed E-state index contributed by atoms with van der Waals surface area (Å²) in [6.07, 6.45) is 1.63. The minimum Gasteiger partial charge on any atom is -0.463 e. The second kappa shape index (κ2) is 10.0. The largest absolute Gasteiger partial charge is 0.463 e. The fourth-order valence-corrected chi connectivity index (χ4v) is 5.31. The number of fused-ring (bicyclic) bond motifs is 1. The van der Waals surface area contributed by atoms with Crippen LogP contribution in [-0.2, 0) is 0 Å². The molecule has 0 bridgehead atoms. The predicted molar refractivity (Wildman–Crippen MR) is 146 cm³/mol. The molecule has 1 aliphatic rings. The van der Waals surface area contributed by atoms with Crippen LogP contribution in [0.4, 0.5) is 0 Å². The Kier molecular flexibility index (Phi) is 6.29. The number of piperazine rings is 1. The van der Waals surface area contributed by atoms with E-state index in [1.54, 1.807) is 6.26 Å². The van der Waals surface area contributed by atoms with Crippen molar-refractivity contribution in [1.82, 2.24) is 14.8 Å². The highest BCUT2D eigenvalue weighted by Crippen LogP contribution is 2.31. The fraction of sp³-hybridized carbons (Fsp3) is 0.188. The smallest absolute Gasteiger partial charge is 0.254 e. The molecule has 3 aromatic carbocycles. The molecule has 5 nitrogen and oxygen atoms in total. The van der Waals surface area contributed by atoms with Crippen molar-refractivity contribution < 1.29 is 9.21 Å². The van der Waals surface area contributed by atoms with Gasteiger partial charge in [-0.15, -0.1) is 0 Å². The topological polar surface area (TPSA) is 49.6 Å². The van der Waals surface area contributed by atoms with Crippen molar-refractivity contribution in [3.63, 3.8) is 0 Å². The predicted octanol–water partition coefficient (Wildman–Crippen LogP) is 6.35. The van der Waals surface area contributed by atoms with Gasteiger partial charge < -0.3 is 9.32 Å². The first-order valence-electron chi connectivity index (χ1n) is 12.8. The van der Waals surface area contributed by atoms with E-state index in [1.807, 2.05) is 42.2 Å². The molecule has 0 atom stereocenters. The van der Waals surface area contributed by atoms with Crippen LogP contribution in [0.25, 0.3) is 22.4 Å². The summed E-state index contributed by atoms with van der Waals surface area (Å²) in [5, 5.41) is 0.884. The lowest BCUT2D eigenvalue weighted by Crippen LogP contribution is -2.49. The third-order valence-electron chi connectivity index (χ3n) is 7.17. The second-order valence-electron chi connectivity index (χ2n) is 9.61. The number of hydrogen-bond donors (Lipinski definition) is 0. The normalized spacial score (nSPS) is 14.4. The number of carbonyl (C=O) groups excluding carboxylic acids is 1. The number of hydrogen-bond acceptors (Lipinski definition) is 4. The summed E-state index contributed by atoms with van der Waals surface area (Å²) in [4.78, 5) is 23.2. The zero-order valence-electron chi connectivity index (χ0n) is 20.9. The molecule has 0 aliphatic carbocycles. The number of aromatic nitrogens is 1. The number of amides is 1. The maximum Gasteiger partial charge on any atom is 0.254 e. The summed E-state index contributed by atoms with van der Waals surface area (Å²) in [6, 6.07) is 33.1. The average molecular weight is 488 g/mol. The van der Waals surface area contributed by atoms with E-state index in [-0.39, 0.29) is 11.9 Å². The Morgan fingerprint density at radius 2 is 1.49 bits per heavy atom. The van der Waals surface area contributed by atoms with Crippen LogP contribution in [-0.4, -0.2) is 46.9 Å². The Labute approximate surface area is 217 Å². The van der Waals surface area contributed by atoms with Crippen LogP contribution >= 0.6 is 0 Å². The highest BCUT2D eigenvalue weighted by atomic mass is 16.3. The first kappa shape index (κ1) is 23.2.